The lowest BCUT2D eigenvalue weighted by Crippen LogP contribution is -2.51. The number of anilines is 1. The second-order valence-corrected chi connectivity index (χ2v) is 6.79. The number of piperidine rings is 1. The summed E-state index contributed by atoms with van der Waals surface area (Å²) >= 11 is 0. The van der Waals surface area contributed by atoms with Crippen molar-refractivity contribution in [2.75, 3.05) is 50.7 Å². The molecule has 3 rings (SSSR count). The van der Waals surface area contributed by atoms with Gasteiger partial charge in [0.05, 0.1) is 11.8 Å². The Kier molecular flexibility index (Phi) is 5.87. The van der Waals surface area contributed by atoms with Gasteiger partial charge in [0.2, 0.25) is 5.91 Å². The number of amides is 1. The topological polar surface area (TPSA) is 50.6 Å². The smallest absolute Gasteiger partial charge is 0.225 e. The van der Waals surface area contributed by atoms with Crippen molar-refractivity contribution < 1.29 is 9.18 Å². The molecule has 2 aliphatic rings. The van der Waals surface area contributed by atoms with Crippen molar-refractivity contribution in [2.45, 2.75) is 19.3 Å². The number of hydrogen-bond donors (Lipinski definition) is 0. The quantitative estimate of drug-likeness (QED) is 0.839. The normalized spacial score (nSPS) is 19.7. The second-order valence-electron chi connectivity index (χ2n) is 6.79. The Morgan fingerprint density at radius 2 is 1.80 bits per heavy atom. The predicted molar refractivity (Wildman–Crippen MR) is 94.6 cm³/mol. The Morgan fingerprint density at radius 1 is 1.12 bits per heavy atom. The van der Waals surface area contributed by atoms with Crippen LogP contribution < -0.4 is 4.90 Å². The van der Waals surface area contributed by atoms with Crippen LogP contribution in [0.2, 0.25) is 0 Å². The van der Waals surface area contributed by atoms with Crippen molar-refractivity contribution in [3.05, 3.63) is 30.1 Å². The molecule has 5 nitrogen and oxygen atoms in total. The van der Waals surface area contributed by atoms with Crippen LogP contribution in [0.5, 0.6) is 0 Å². The van der Waals surface area contributed by atoms with Crippen LogP contribution >= 0.6 is 0 Å². The molecule has 0 unspecified atom stereocenters. The predicted octanol–water partition coefficient (Wildman–Crippen LogP) is 2.10. The third-order valence-electron chi connectivity index (χ3n) is 5.26. The van der Waals surface area contributed by atoms with Crippen molar-refractivity contribution in [3.8, 4) is 6.07 Å². The molecule has 6 heteroatoms. The minimum Gasteiger partial charge on any atom is -0.366 e. The van der Waals surface area contributed by atoms with Crippen LogP contribution in [0, 0.1) is 23.1 Å². The van der Waals surface area contributed by atoms with Crippen LogP contribution in [0.25, 0.3) is 0 Å². The summed E-state index contributed by atoms with van der Waals surface area (Å²) in [7, 11) is 0. The molecule has 0 saturated carbocycles. The first kappa shape index (κ1) is 17.7. The number of nitrogens with zero attached hydrogens (tertiary/aromatic N) is 4. The maximum absolute atomic E-state index is 13.9. The maximum Gasteiger partial charge on any atom is 0.225 e. The number of rotatable bonds is 4. The first-order valence-corrected chi connectivity index (χ1v) is 9.06. The van der Waals surface area contributed by atoms with E-state index in [1.807, 2.05) is 15.9 Å². The summed E-state index contributed by atoms with van der Waals surface area (Å²) in [5, 5.41) is 8.66. The highest BCUT2D eigenvalue weighted by molar-refractivity contribution is 5.79. The van der Waals surface area contributed by atoms with Gasteiger partial charge in [-0.1, -0.05) is 12.1 Å². The largest absolute Gasteiger partial charge is 0.366 e. The van der Waals surface area contributed by atoms with E-state index in [-0.39, 0.29) is 17.6 Å². The highest BCUT2D eigenvalue weighted by Gasteiger charge is 2.30. The lowest BCUT2D eigenvalue weighted by Gasteiger charge is -2.39. The average Bonchev–Trinajstić information content (AvgIpc) is 2.67. The summed E-state index contributed by atoms with van der Waals surface area (Å²) in [6, 6.07) is 8.99. The summed E-state index contributed by atoms with van der Waals surface area (Å²) in [4.78, 5) is 19.0. The summed E-state index contributed by atoms with van der Waals surface area (Å²) in [5.74, 6) is 0.137. The van der Waals surface area contributed by atoms with Gasteiger partial charge in [-0.05, 0) is 38.1 Å². The highest BCUT2D eigenvalue weighted by atomic mass is 19.1. The first-order valence-electron chi connectivity index (χ1n) is 9.06. The molecule has 1 aromatic carbocycles. The highest BCUT2D eigenvalue weighted by Crippen LogP contribution is 2.23. The fraction of sp³-hybridized carbons (Fsp3) is 0.579. The minimum absolute atomic E-state index is 0.0957. The Labute approximate surface area is 148 Å². The molecule has 2 saturated heterocycles. The number of hydrogen-bond acceptors (Lipinski definition) is 4. The molecule has 2 fully saturated rings. The summed E-state index contributed by atoms with van der Waals surface area (Å²) in [6.45, 7) is 5.25. The number of para-hydroxylation sites is 1. The SMILES string of the molecule is N#CCCN1CCC(C(=O)N2CCN(c3ccccc3F)CC2)CC1. The van der Waals surface area contributed by atoms with Crippen LogP contribution in [0.15, 0.2) is 24.3 Å². The fourth-order valence-electron chi connectivity index (χ4n) is 3.75. The third-order valence-corrected chi connectivity index (χ3v) is 5.26. The van der Waals surface area contributed by atoms with Gasteiger partial charge in [0.1, 0.15) is 5.82 Å². The Balaban J connectivity index is 1.48. The number of piperazine rings is 1. The van der Waals surface area contributed by atoms with Gasteiger partial charge in [-0.15, -0.1) is 0 Å². The third kappa shape index (κ3) is 4.29. The van der Waals surface area contributed by atoms with Crippen molar-refractivity contribution in [1.82, 2.24) is 9.80 Å². The molecular weight excluding hydrogens is 319 g/mol. The van der Waals surface area contributed by atoms with E-state index >= 15 is 0 Å². The van der Waals surface area contributed by atoms with Gasteiger partial charge in [-0.3, -0.25) is 4.79 Å². The standard InChI is InChI=1S/C19H25FN4O/c20-17-4-1-2-5-18(17)23-12-14-24(15-13-23)19(25)16-6-10-22(11-7-16)9-3-8-21/h1-2,4-5,16H,3,6-7,9-15H2. The molecule has 0 N–H and O–H groups in total. The Bertz CT molecular complexity index is 629. The van der Waals surface area contributed by atoms with Crippen LogP contribution in [0.1, 0.15) is 19.3 Å². The van der Waals surface area contributed by atoms with Crippen molar-refractivity contribution in [1.29, 1.82) is 5.26 Å². The van der Waals surface area contributed by atoms with Gasteiger partial charge in [0, 0.05) is 45.1 Å². The number of halogens is 1. The molecule has 0 atom stereocenters. The molecule has 2 aliphatic heterocycles. The monoisotopic (exact) mass is 344 g/mol. The lowest BCUT2D eigenvalue weighted by atomic mass is 9.95. The summed E-state index contributed by atoms with van der Waals surface area (Å²) < 4.78 is 13.9. The number of carbonyl (C=O) groups is 1. The molecule has 0 aliphatic carbocycles. The number of likely N-dealkylation sites (tertiary alicyclic amines) is 1. The Hall–Kier alpha value is -2.13. The molecule has 0 bridgehead atoms. The molecule has 0 spiro atoms. The van der Waals surface area contributed by atoms with Crippen molar-refractivity contribution >= 4 is 11.6 Å². The van der Waals surface area contributed by atoms with Gasteiger partial charge in [0.15, 0.2) is 0 Å². The van der Waals surface area contributed by atoms with E-state index < -0.39 is 0 Å². The fourth-order valence-corrected chi connectivity index (χ4v) is 3.75. The van der Waals surface area contributed by atoms with Gasteiger partial charge in [0.25, 0.3) is 0 Å². The van der Waals surface area contributed by atoms with E-state index in [2.05, 4.69) is 11.0 Å². The molecule has 0 aromatic heterocycles. The molecule has 0 radical (unpaired) electrons. The van der Waals surface area contributed by atoms with Crippen molar-refractivity contribution in [2.24, 2.45) is 5.92 Å². The second kappa shape index (κ2) is 8.30. The van der Waals surface area contributed by atoms with Crippen LogP contribution in [0.3, 0.4) is 0 Å². The molecule has 1 aromatic rings. The average molecular weight is 344 g/mol. The van der Waals surface area contributed by atoms with E-state index in [9.17, 15) is 9.18 Å². The van der Waals surface area contributed by atoms with E-state index in [1.165, 1.54) is 6.07 Å². The summed E-state index contributed by atoms with van der Waals surface area (Å²) in [6.07, 6.45) is 2.30. The summed E-state index contributed by atoms with van der Waals surface area (Å²) in [5.41, 5.74) is 0.625. The molecule has 2 heterocycles. The van der Waals surface area contributed by atoms with E-state index in [1.54, 1.807) is 12.1 Å². The zero-order valence-electron chi connectivity index (χ0n) is 14.5. The van der Waals surface area contributed by atoms with Crippen LogP contribution in [0.4, 0.5) is 10.1 Å². The Morgan fingerprint density at radius 3 is 2.44 bits per heavy atom. The maximum atomic E-state index is 13.9. The first-order chi connectivity index (χ1) is 12.2. The van der Waals surface area contributed by atoms with Crippen LogP contribution in [-0.4, -0.2) is 61.5 Å². The van der Waals surface area contributed by atoms with Gasteiger partial charge >= 0.3 is 0 Å². The number of nitriles is 1. The van der Waals surface area contributed by atoms with Crippen LogP contribution in [-0.2, 0) is 4.79 Å². The number of benzene rings is 1. The van der Waals surface area contributed by atoms with Crippen molar-refractivity contribution in [3.63, 3.8) is 0 Å². The zero-order chi connectivity index (χ0) is 17.6. The van der Waals surface area contributed by atoms with E-state index in [0.717, 1.165) is 32.5 Å². The molecule has 1 amide bonds. The molecule has 25 heavy (non-hydrogen) atoms. The molecular formula is C19H25FN4O. The van der Waals surface area contributed by atoms with Gasteiger partial charge < -0.3 is 14.7 Å². The van der Waals surface area contributed by atoms with Gasteiger partial charge in [-0.25, -0.2) is 4.39 Å². The minimum atomic E-state index is -0.202. The van der Waals surface area contributed by atoms with E-state index in [4.69, 9.17) is 5.26 Å². The zero-order valence-corrected chi connectivity index (χ0v) is 14.5. The van der Waals surface area contributed by atoms with Gasteiger partial charge in [-0.2, -0.15) is 5.26 Å². The number of carbonyl (C=O) groups excluding carboxylic acids is 1. The lowest BCUT2D eigenvalue weighted by molar-refractivity contribution is -0.137. The molecule has 134 valence electrons. The van der Waals surface area contributed by atoms with E-state index in [0.29, 0.717) is 38.3 Å².